The highest BCUT2D eigenvalue weighted by Crippen LogP contribution is 2.35. The second kappa shape index (κ2) is 6.39. The Morgan fingerprint density at radius 3 is 2.96 bits per heavy atom. The lowest BCUT2D eigenvalue weighted by atomic mass is 10.1. The molecular formula is C14H13N5O2S2. The van der Waals surface area contributed by atoms with Crippen LogP contribution in [0, 0.1) is 4.91 Å². The van der Waals surface area contributed by atoms with Gasteiger partial charge in [-0.1, -0.05) is 11.2 Å². The van der Waals surface area contributed by atoms with Crippen molar-refractivity contribution in [1.29, 1.82) is 0 Å². The molecule has 1 atom stereocenters. The summed E-state index contributed by atoms with van der Waals surface area (Å²) in [5.74, 6) is -0.131. The molecule has 3 aromatic rings. The summed E-state index contributed by atoms with van der Waals surface area (Å²) in [5.41, 5.74) is 6.19. The fourth-order valence-electron chi connectivity index (χ4n) is 2.21. The fraction of sp³-hybridized carbons (Fsp3) is 0.214. The Labute approximate surface area is 139 Å². The van der Waals surface area contributed by atoms with Gasteiger partial charge in [0.05, 0.1) is 10.6 Å². The molecule has 3 aromatic heterocycles. The number of rotatable bonds is 5. The largest absolute Gasteiger partial charge is 0.368 e. The third-order valence-electron chi connectivity index (χ3n) is 3.18. The lowest BCUT2D eigenvalue weighted by Gasteiger charge is -2.08. The van der Waals surface area contributed by atoms with Gasteiger partial charge in [0.25, 0.3) is 5.91 Å². The van der Waals surface area contributed by atoms with Gasteiger partial charge >= 0.3 is 0 Å². The van der Waals surface area contributed by atoms with E-state index in [2.05, 4.69) is 20.5 Å². The highest BCUT2D eigenvalue weighted by Gasteiger charge is 2.24. The van der Waals surface area contributed by atoms with Gasteiger partial charge < -0.3 is 11.1 Å². The number of carbonyl (C=O) groups excluding carboxylic acids is 1. The molecule has 0 aliphatic heterocycles. The number of nitrogens with one attached hydrogen (secondary N) is 1. The summed E-state index contributed by atoms with van der Waals surface area (Å²) in [7, 11) is 0. The van der Waals surface area contributed by atoms with Gasteiger partial charge in [-0.15, -0.1) is 27.6 Å². The zero-order valence-electron chi connectivity index (χ0n) is 12.1. The molecule has 9 heteroatoms. The van der Waals surface area contributed by atoms with Crippen LogP contribution in [0.25, 0.3) is 10.2 Å². The lowest BCUT2D eigenvalue weighted by molar-refractivity contribution is 0.0960. The van der Waals surface area contributed by atoms with Crippen molar-refractivity contribution < 1.29 is 4.79 Å². The van der Waals surface area contributed by atoms with Crippen molar-refractivity contribution in [2.24, 2.45) is 5.18 Å². The van der Waals surface area contributed by atoms with Gasteiger partial charge in [0.2, 0.25) is 5.95 Å². The molecule has 118 valence electrons. The summed E-state index contributed by atoms with van der Waals surface area (Å²) in [6, 6.07) is 4.58. The number of hydrogen-bond donors (Lipinski definition) is 2. The van der Waals surface area contributed by atoms with Gasteiger partial charge in [0.1, 0.15) is 4.83 Å². The van der Waals surface area contributed by atoms with E-state index in [-0.39, 0.29) is 11.9 Å². The van der Waals surface area contributed by atoms with Crippen molar-refractivity contribution in [1.82, 2.24) is 15.3 Å². The molecule has 3 N–H and O–H groups in total. The van der Waals surface area contributed by atoms with Crippen LogP contribution in [0.3, 0.4) is 0 Å². The Hall–Kier alpha value is -2.39. The first-order valence-corrected chi connectivity index (χ1v) is 8.54. The monoisotopic (exact) mass is 347 g/mol. The molecule has 3 heterocycles. The maximum Gasteiger partial charge on any atom is 0.261 e. The number of nitroso groups, excluding NO2 is 1. The van der Waals surface area contributed by atoms with E-state index in [9.17, 15) is 9.70 Å². The zero-order valence-corrected chi connectivity index (χ0v) is 13.8. The number of amides is 1. The molecule has 3 rings (SSSR count). The second-order valence-corrected chi connectivity index (χ2v) is 6.69. The fourth-order valence-corrected chi connectivity index (χ4v) is 3.93. The van der Waals surface area contributed by atoms with Gasteiger partial charge in [-0.3, -0.25) is 4.79 Å². The predicted octanol–water partition coefficient (Wildman–Crippen LogP) is 2.94. The van der Waals surface area contributed by atoms with Crippen LogP contribution in [0.15, 0.2) is 28.8 Å². The Balaban J connectivity index is 2.16. The van der Waals surface area contributed by atoms with Crippen molar-refractivity contribution in [3.8, 4) is 0 Å². The average molecular weight is 347 g/mol. The number of thiophene rings is 2. The number of hydrogen-bond acceptors (Lipinski definition) is 8. The van der Waals surface area contributed by atoms with Crippen molar-refractivity contribution in [3.63, 3.8) is 0 Å². The first-order chi connectivity index (χ1) is 11.1. The maximum absolute atomic E-state index is 12.0. The van der Waals surface area contributed by atoms with E-state index in [0.29, 0.717) is 27.3 Å². The number of fused-ring (bicyclic) bond motifs is 1. The molecule has 0 saturated heterocycles. The van der Waals surface area contributed by atoms with Crippen molar-refractivity contribution in [2.75, 3.05) is 12.3 Å². The number of nitrogens with two attached hydrogens (primary N) is 1. The first-order valence-electron chi connectivity index (χ1n) is 6.85. The number of carbonyl (C=O) groups is 1. The highest BCUT2D eigenvalue weighted by atomic mass is 32.1. The Bertz CT molecular complexity index is 860. The number of nitrogens with zero attached hydrogens (tertiary/aromatic N) is 3. The molecule has 0 saturated carbocycles. The van der Waals surface area contributed by atoms with Gasteiger partial charge in [-0.2, -0.15) is 0 Å². The molecule has 1 amide bonds. The van der Waals surface area contributed by atoms with Crippen LogP contribution in [0.2, 0.25) is 0 Å². The molecule has 23 heavy (non-hydrogen) atoms. The summed E-state index contributed by atoms with van der Waals surface area (Å²) in [6.07, 6.45) is 0. The normalized spacial score (nSPS) is 12.2. The van der Waals surface area contributed by atoms with E-state index in [1.54, 1.807) is 6.07 Å². The van der Waals surface area contributed by atoms with Crippen LogP contribution in [0.5, 0.6) is 0 Å². The van der Waals surface area contributed by atoms with E-state index in [1.165, 1.54) is 22.7 Å². The van der Waals surface area contributed by atoms with Gasteiger partial charge in [-0.05, 0) is 24.4 Å². The van der Waals surface area contributed by atoms with Gasteiger partial charge in [0.15, 0.2) is 6.04 Å². The third-order valence-corrected chi connectivity index (χ3v) is 5.13. The van der Waals surface area contributed by atoms with E-state index in [0.717, 1.165) is 4.88 Å². The quantitative estimate of drug-likeness (QED) is 0.689. The summed E-state index contributed by atoms with van der Waals surface area (Å²) >= 11 is 2.63. The topological polar surface area (TPSA) is 110 Å². The van der Waals surface area contributed by atoms with Gasteiger partial charge in [0, 0.05) is 16.8 Å². The smallest absolute Gasteiger partial charge is 0.261 e. The SMILES string of the molecule is CCNC(=O)c1cc2c(C(N=O)c3cccs3)nc(N)nc2s1. The van der Waals surface area contributed by atoms with Crippen LogP contribution in [0.4, 0.5) is 5.95 Å². The van der Waals surface area contributed by atoms with Crippen molar-refractivity contribution in [2.45, 2.75) is 13.0 Å². The molecule has 0 aromatic carbocycles. The highest BCUT2D eigenvalue weighted by molar-refractivity contribution is 7.20. The third kappa shape index (κ3) is 2.92. The lowest BCUT2D eigenvalue weighted by Crippen LogP contribution is -2.21. The van der Waals surface area contributed by atoms with E-state index < -0.39 is 6.04 Å². The number of aromatic nitrogens is 2. The molecule has 0 aliphatic rings. The number of anilines is 1. The zero-order chi connectivity index (χ0) is 16.4. The summed E-state index contributed by atoms with van der Waals surface area (Å²) in [4.78, 5) is 33.6. The average Bonchev–Trinajstić information content (AvgIpc) is 3.17. The molecule has 0 spiro atoms. The Kier molecular flexibility index (Phi) is 4.30. The van der Waals surface area contributed by atoms with Gasteiger partial charge in [-0.25, -0.2) is 9.97 Å². The summed E-state index contributed by atoms with van der Waals surface area (Å²) in [6.45, 7) is 2.37. The molecule has 1 unspecified atom stereocenters. The second-order valence-electron chi connectivity index (χ2n) is 4.68. The van der Waals surface area contributed by atoms with Crippen molar-refractivity contribution in [3.05, 3.63) is 43.9 Å². The molecule has 0 fully saturated rings. The van der Waals surface area contributed by atoms with E-state index >= 15 is 0 Å². The molecular weight excluding hydrogens is 334 g/mol. The minimum absolute atomic E-state index is 0.0574. The van der Waals surface area contributed by atoms with Crippen LogP contribution >= 0.6 is 22.7 Å². The van der Waals surface area contributed by atoms with E-state index in [4.69, 9.17) is 5.73 Å². The van der Waals surface area contributed by atoms with Crippen LogP contribution in [-0.4, -0.2) is 22.4 Å². The molecule has 0 aliphatic carbocycles. The molecule has 0 radical (unpaired) electrons. The van der Waals surface area contributed by atoms with E-state index in [1.807, 2.05) is 24.4 Å². The van der Waals surface area contributed by atoms with Crippen LogP contribution in [0.1, 0.15) is 33.2 Å². The predicted molar refractivity (Wildman–Crippen MR) is 91.8 cm³/mol. The molecule has 7 nitrogen and oxygen atoms in total. The van der Waals surface area contributed by atoms with Crippen LogP contribution in [-0.2, 0) is 0 Å². The summed E-state index contributed by atoms with van der Waals surface area (Å²) in [5, 5.41) is 8.43. The van der Waals surface area contributed by atoms with Crippen molar-refractivity contribution >= 4 is 44.7 Å². The number of nitrogen functional groups attached to an aromatic ring is 1. The standard InChI is InChI=1S/C14H13N5O2S2/c1-2-16-12(20)9-6-7-10(17-14(15)18-13(7)23-9)11(19-21)8-4-3-5-22-8/h3-6,11H,2H2,1H3,(H,16,20)(H2,15,17,18). The first kappa shape index (κ1) is 15.5. The minimum atomic E-state index is -0.764. The minimum Gasteiger partial charge on any atom is -0.368 e. The summed E-state index contributed by atoms with van der Waals surface area (Å²) < 4.78 is 0. The molecule has 0 bridgehead atoms. The Morgan fingerprint density at radius 2 is 2.30 bits per heavy atom. The van der Waals surface area contributed by atoms with Crippen LogP contribution < -0.4 is 11.1 Å². The maximum atomic E-state index is 12.0. The Morgan fingerprint density at radius 1 is 1.48 bits per heavy atom.